The van der Waals surface area contributed by atoms with E-state index in [1.165, 1.54) is 0 Å². The molecule has 1 aliphatic rings. The summed E-state index contributed by atoms with van der Waals surface area (Å²) in [5, 5.41) is 9.67. The minimum Gasteiger partial charge on any atom is -0.376 e. The van der Waals surface area contributed by atoms with Crippen molar-refractivity contribution in [1.82, 2.24) is 14.8 Å². The van der Waals surface area contributed by atoms with Crippen molar-refractivity contribution in [3.63, 3.8) is 0 Å². The molecule has 2 aromatic heterocycles. The van der Waals surface area contributed by atoms with E-state index in [0.717, 1.165) is 25.1 Å². The third kappa shape index (κ3) is 3.12. The molecule has 3 heterocycles. The molecular formula is C17H22N4O3. The van der Waals surface area contributed by atoms with E-state index in [9.17, 15) is 9.59 Å². The van der Waals surface area contributed by atoms with E-state index in [1.807, 2.05) is 6.92 Å². The van der Waals surface area contributed by atoms with Crippen LogP contribution < -0.4 is 10.9 Å². The molecule has 24 heavy (non-hydrogen) atoms. The number of aromatic nitrogens is 3. The highest BCUT2D eigenvalue weighted by Crippen LogP contribution is 2.18. The maximum atomic E-state index is 12.7. The molecule has 0 aliphatic carbocycles. The number of anilines is 1. The predicted octanol–water partition coefficient (Wildman–Crippen LogP) is 1.93. The van der Waals surface area contributed by atoms with Crippen LogP contribution >= 0.6 is 0 Å². The molecule has 1 saturated heterocycles. The van der Waals surface area contributed by atoms with E-state index in [4.69, 9.17) is 4.74 Å². The lowest BCUT2D eigenvalue weighted by molar-refractivity contribution is 0.0952. The number of nitrogens with zero attached hydrogens (tertiary/aromatic N) is 2. The topological polar surface area (TPSA) is 89.0 Å². The van der Waals surface area contributed by atoms with Crippen LogP contribution in [0.1, 0.15) is 40.2 Å². The highest BCUT2D eigenvalue weighted by atomic mass is 16.5. The summed E-state index contributed by atoms with van der Waals surface area (Å²) in [7, 11) is 0. The smallest absolute Gasteiger partial charge is 0.263 e. The van der Waals surface area contributed by atoms with Gasteiger partial charge < -0.3 is 14.6 Å². The van der Waals surface area contributed by atoms with Crippen molar-refractivity contribution in [1.29, 1.82) is 0 Å². The van der Waals surface area contributed by atoms with Crippen molar-refractivity contribution in [2.24, 2.45) is 0 Å². The number of H-pyrrole nitrogens is 1. The van der Waals surface area contributed by atoms with Gasteiger partial charge in [0.05, 0.1) is 29.7 Å². The zero-order valence-electron chi connectivity index (χ0n) is 14.2. The van der Waals surface area contributed by atoms with Gasteiger partial charge in [0.15, 0.2) is 0 Å². The van der Waals surface area contributed by atoms with Gasteiger partial charge in [-0.3, -0.25) is 14.7 Å². The summed E-state index contributed by atoms with van der Waals surface area (Å²) in [4.78, 5) is 25.4. The summed E-state index contributed by atoms with van der Waals surface area (Å²) < 4.78 is 7.15. The van der Waals surface area contributed by atoms with Gasteiger partial charge in [0.25, 0.3) is 11.5 Å². The Kier molecular flexibility index (Phi) is 4.53. The number of carbonyl (C=O) groups excluding carboxylic acids is 1. The Balaban J connectivity index is 1.89. The minimum absolute atomic E-state index is 0.0414. The van der Waals surface area contributed by atoms with Crippen LogP contribution in [0.25, 0.3) is 0 Å². The summed E-state index contributed by atoms with van der Waals surface area (Å²) in [6.45, 7) is 6.60. The Bertz CT molecular complexity index is 796. The summed E-state index contributed by atoms with van der Waals surface area (Å²) in [5.41, 5.74) is 2.59. The van der Waals surface area contributed by atoms with Crippen LogP contribution in [-0.2, 0) is 11.3 Å². The summed E-state index contributed by atoms with van der Waals surface area (Å²) in [6, 6.07) is 1.79. The number of ether oxygens (including phenoxy) is 1. The van der Waals surface area contributed by atoms with Crippen LogP contribution in [0.3, 0.4) is 0 Å². The fourth-order valence-corrected chi connectivity index (χ4v) is 3.00. The molecule has 0 aromatic carbocycles. The second-order valence-electron chi connectivity index (χ2n) is 6.23. The predicted molar refractivity (Wildman–Crippen MR) is 90.4 cm³/mol. The number of amides is 1. The number of hydrogen-bond donors (Lipinski definition) is 2. The largest absolute Gasteiger partial charge is 0.376 e. The molecular weight excluding hydrogens is 308 g/mol. The first-order chi connectivity index (χ1) is 11.5. The van der Waals surface area contributed by atoms with Gasteiger partial charge in [-0.2, -0.15) is 5.10 Å². The maximum absolute atomic E-state index is 12.7. The summed E-state index contributed by atoms with van der Waals surface area (Å²) in [6.07, 6.45) is 3.72. The molecule has 3 rings (SSSR count). The number of hydrogen-bond acceptors (Lipinski definition) is 4. The second kappa shape index (κ2) is 6.60. The molecule has 0 radical (unpaired) electrons. The maximum Gasteiger partial charge on any atom is 0.263 e. The van der Waals surface area contributed by atoms with Gasteiger partial charge in [-0.1, -0.05) is 0 Å². The standard InChI is InChI=1S/C17H22N4O3/c1-10-6-7-21(9-13-5-4-8-24-13)17(23)14(10)16(22)18-15-11(2)19-20-12(15)3/h6-7,13H,4-5,8-9H2,1-3H3,(H,18,22)(H,19,20). The van der Waals surface area contributed by atoms with E-state index < -0.39 is 5.91 Å². The molecule has 1 aliphatic heterocycles. The minimum atomic E-state index is -0.410. The van der Waals surface area contributed by atoms with Crippen LogP contribution in [0.2, 0.25) is 0 Å². The van der Waals surface area contributed by atoms with E-state index in [1.54, 1.807) is 30.7 Å². The summed E-state index contributed by atoms with van der Waals surface area (Å²) in [5.74, 6) is -0.410. The van der Waals surface area contributed by atoms with Gasteiger partial charge in [0, 0.05) is 12.8 Å². The van der Waals surface area contributed by atoms with E-state index in [0.29, 0.717) is 23.5 Å². The molecule has 0 saturated carbocycles. The number of nitrogens with one attached hydrogen (secondary N) is 2. The first kappa shape index (κ1) is 16.4. The molecule has 7 heteroatoms. The number of aromatic amines is 1. The lowest BCUT2D eigenvalue weighted by Crippen LogP contribution is -2.33. The quantitative estimate of drug-likeness (QED) is 0.896. The lowest BCUT2D eigenvalue weighted by Gasteiger charge is -2.14. The number of pyridine rings is 1. The Morgan fingerprint density at radius 3 is 2.88 bits per heavy atom. The van der Waals surface area contributed by atoms with E-state index in [-0.39, 0.29) is 17.2 Å². The molecule has 0 spiro atoms. The van der Waals surface area contributed by atoms with Gasteiger partial charge >= 0.3 is 0 Å². The van der Waals surface area contributed by atoms with Crippen molar-refractivity contribution in [3.8, 4) is 0 Å². The van der Waals surface area contributed by atoms with Crippen LogP contribution in [-0.4, -0.2) is 33.4 Å². The van der Waals surface area contributed by atoms with Crippen LogP contribution in [0.5, 0.6) is 0 Å². The van der Waals surface area contributed by atoms with Crippen molar-refractivity contribution in [2.45, 2.75) is 46.3 Å². The average molecular weight is 330 g/mol. The molecule has 1 atom stereocenters. The van der Waals surface area contributed by atoms with Crippen molar-refractivity contribution >= 4 is 11.6 Å². The Morgan fingerprint density at radius 2 is 2.25 bits per heavy atom. The van der Waals surface area contributed by atoms with E-state index in [2.05, 4.69) is 15.5 Å². The van der Waals surface area contributed by atoms with Crippen molar-refractivity contribution < 1.29 is 9.53 Å². The third-order valence-corrected chi connectivity index (χ3v) is 4.39. The highest BCUT2D eigenvalue weighted by Gasteiger charge is 2.21. The molecule has 1 unspecified atom stereocenters. The van der Waals surface area contributed by atoms with Crippen molar-refractivity contribution in [2.75, 3.05) is 11.9 Å². The second-order valence-corrected chi connectivity index (χ2v) is 6.23. The van der Waals surface area contributed by atoms with E-state index >= 15 is 0 Å². The van der Waals surface area contributed by atoms with Gasteiger partial charge in [0.2, 0.25) is 0 Å². The molecule has 1 amide bonds. The SMILES string of the molecule is Cc1ccn(CC2CCCO2)c(=O)c1C(=O)Nc1c(C)n[nH]c1C. The number of carbonyl (C=O) groups is 1. The molecule has 2 N–H and O–H groups in total. The highest BCUT2D eigenvalue weighted by molar-refractivity contribution is 6.05. The average Bonchev–Trinajstić information content (AvgIpc) is 3.15. The van der Waals surface area contributed by atoms with Crippen molar-refractivity contribution in [3.05, 3.63) is 45.1 Å². The third-order valence-electron chi connectivity index (χ3n) is 4.39. The first-order valence-corrected chi connectivity index (χ1v) is 8.12. The molecule has 2 aromatic rings. The Labute approximate surface area is 140 Å². The van der Waals surface area contributed by atoms with Gasteiger partial charge in [0.1, 0.15) is 5.56 Å². The first-order valence-electron chi connectivity index (χ1n) is 8.12. The summed E-state index contributed by atoms with van der Waals surface area (Å²) >= 11 is 0. The number of rotatable bonds is 4. The molecule has 0 bridgehead atoms. The zero-order valence-corrected chi connectivity index (χ0v) is 14.2. The zero-order chi connectivity index (χ0) is 17.3. The Morgan fingerprint density at radius 1 is 1.46 bits per heavy atom. The van der Waals surface area contributed by atoms with Crippen LogP contribution in [0.15, 0.2) is 17.1 Å². The van der Waals surface area contributed by atoms with Crippen LogP contribution in [0.4, 0.5) is 5.69 Å². The monoisotopic (exact) mass is 330 g/mol. The molecule has 1 fully saturated rings. The molecule has 128 valence electrons. The van der Waals surface area contributed by atoms with Gasteiger partial charge in [-0.05, 0) is 45.2 Å². The number of aryl methyl sites for hydroxylation is 3. The van der Waals surface area contributed by atoms with Crippen LogP contribution in [0, 0.1) is 20.8 Å². The normalized spacial score (nSPS) is 17.2. The van der Waals surface area contributed by atoms with Gasteiger partial charge in [-0.15, -0.1) is 0 Å². The molecule has 7 nitrogen and oxygen atoms in total. The van der Waals surface area contributed by atoms with Gasteiger partial charge in [-0.25, -0.2) is 0 Å². The fraction of sp³-hybridized carbons (Fsp3) is 0.471. The Hall–Kier alpha value is -2.41. The fourth-order valence-electron chi connectivity index (χ4n) is 3.00. The lowest BCUT2D eigenvalue weighted by atomic mass is 10.1.